The van der Waals surface area contributed by atoms with Crippen molar-refractivity contribution in [3.8, 4) is 0 Å². The van der Waals surface area contributed by atoms with E-state index in [-0.39, 0.29) is 18.6 Å². The molecule has 0 aromatic rings. The molecule has 1 saturated heterocycles. The fraction of sp³-hybridized carbons (Fsp3) is 0.900. The second-order valence-electron chi connectivity index (χ2n) is 4.85. The van der Waals surface area contributed by atoms with E-state index in [0.29, 0.717) is 6.54 Å². The Morgan fingerprint density at radius 1 is 1.53 bits per heavy atom. The van der Waals surface area contributed by atoms with Crippen LogP contribution in [0.1, 0.15) is 20.8 Å². The number of aliphatic hydroxyl groups excluding tert-OH is 1. The molecule has 0 aromatic heterocycles. The molecule has 0 aliphatic carbocycles. The third-order valence-corrected chi connectivity index (χ3v) is 2.28. The first-order valence-corrected chi connectivity index (χ1v) is 5.23. The summed E-state index contributed by atoms with van der Waals surface area (Å²) in [6, 6.07) is -0.0372. The van der Waals surface area contributed by atoms with Crippen molar-refractivity contribution >= 4 is 6.09 Å². The molecule has 15 heavy (non-hydrogen) atoms. The van der Waals surface area contributed by atoms with Crippen molar-refractivity contribution in [2.24, 2.45) is 5.92 Å². The maximum Gasteiger partial charge on any atom is 0.407 e. The summed E-state index contributed by atoms with van der Waals surface area (Å²) >= 11 is 0. The van der Waals surface area contributed by atoms with E-state index >= 15 is 0 Å². The van der Waals surface area contributed by atoms with E-state index in [4.69, 9.17) is 9.84 Å². The first-order chi connectivity index (χ1) is 6.92. The normalized spacial score (nSPS) is 26.4. The maximum atomic E-state index is 11.4. The van der Waals surface area contributed by atoms with E-state index in [1.807, 2.05) is 20.8 Å². The van der Waals surface area contributed by atoms with Crippen LogP contribution in [0.2, 0.25) is 0 Å². The van der Waals surface area contributed by atoms with Crippen molar-refractivity contribution in [2.75, 3.05) is 19.7 Å². The highest BCUT2D eigenvalue weighted by atomic mass is 16.6. The molecule has 1 fully saturated rings. The summed E-state index contributed by atoms with van der Waals surface area (Å²) in [5.74, 6) is 0.0810. The Balaban J connectivity index is 2.37. The average Bonchev–Trinajstić information content (AvgIpc) is 2.48. The Kier molecular flexibility index (Phi) is 3.93. The SMILES string of the molecule is CC(C)(C)OC(=O)N[C@@H]1CNC[C@@H]1CO. The van der Waals surface area contributed by atoms with Crippen LogP contribution in [0.4, 0.5) is 4.79 Å². The second-order valence-corrected chi connectivity index (χ2v) is 4.85. The minimum atomic E-state index is -0.481. The van der Waals surface area contributed by atoms with E-state index in [1.165, 1.54) is 0 Å². The van der Waals surface area contributed by atoms with Crippen molar-refractivity contribution in [1.82, 2.24) is 10.6 Å². The number of hydrogen-bond acceptors (Lipinski definition) is 4. The van der Waals surface area contributed by atoms with E-state index in [1.54, 1.807) is 0 Å². The largest absolute Gasteiger partial charge is 0.444 e. The number of carbonyl (C=O) groups is 1. The summed E-state index contributed by atoms with van der Waals surface area (Å²) in [4.78, 5) is 11.4. The lowest BCUT2D eigenvalue weighted by atomic mass is 10.1. The second kappa shape index (κ2) is 4.81. The number of amides is 1. The molecule has 88 valence electrons. The van der Waals surface area contributed by atoms with Gasteiger partial charge in [0.15, 0.2) is 0 Å². The van der Waals surface area contributed by atoms with Gasteiger partial charge in [0, 0.05) is 25.6 Å². The first-order valence-electron chi connectivity index (χ1n) is 5.23. The summed E-state index contributed by atoms with van der Waals surface area (Å²) < 4.78 is 5.13. The Morgan fingerprint density at radius 3 is 2.73 bits per heavy atom. The van der Waals surface area contributed by atoms with Crippen LogP contribution < -0.4 is 10.6 Å². The minimum Gasteiger partial charge on any atom is -0.444 e. The van der Waals surface area contributed by atoms with Gasteiger partial charge in [0.25, 0.3) is 0 Å². The summed E-state index contributed by atoms with van der Waals surface area (Å²) in [5.41, 5.74) is -0.481. The van der Waals surface area contributed by atoms with Gasteiger partial charge in [-0.25, -0.2) is 4.79 Å². The van der Waals surface area contributed by atoms with Gasteiger partial charge >= 0.3 is 6.09 Å². The predicted octanol–water partition coefficient (Wildman–Crippen LogP) is 0.0914. The van der Waals surface area contributed by atoms with Crippen LogP contribution in [0, 0.1) is 5.92 Å². The average molecular weight is 216 g/mol. The van der Waals surface area contributed by atoms with Crippen LogP contribution in [0.5, 0.6) is 0 Å². The standard InChI is InChI=1S/C10H20N2O3/c1-10(2,3)15-9(14)12-8-5-11-4-7(8)6-13/h7-8,11,13H,4-6H2,1-3H3,(H,12,14)/t7-,8-/m1/s1. The topological polar surface area (TPSA) is 70.6 Å². The van der Waals surface area contributed by atoms with Gasteiger partial charge in [-0.1, -0.05) is 0 Å². The van der Waals surface area contributed by atoms with Crippen molar-refractivity contribution in [3.05, 3.63) is 0 Å². The molecule has 1 aliphatic rings. The summed E-state index contributed by atoms with van der Waals surface area (Å²) in [7, 11) is 0. The molecule has 1 amide bonds. The van der Waals surface area contributed by atoms with Crippen molar-refractivity contribution in [3.63, 3.8) is 0 Å². The zero-order chi connectivity index (χ0) is 11.5. The quantitative estimate of drug-likeness (QED) is 0.612. The molecule has 0 spiro atoms. The zero-order valence-corrected chi connectivity index (χ0v) is 9.54. The van der Waals surface area contributed by atoms with Gasteiger partial charge in [-0.15, -0.1) is 0 Å². The molecule has 0 radical (unpaired) electrons. The molecule has 0 bridgehead atoms. The smallest absolute Gasteiger partial charge is 0.407 e. The zero-order valence-electron chi connectivity index (χ0n) is 9.54. The third-order valence-electron chi connectivity index (χ3n) is 2.28. The Hall–Kier alpha value is -0.810. The molecule has 3 N–H and O–H groups in total. The predicted molar refractivity (Wildman–Crippen MR) is 56.6 cm³/mol. The lowest BCUT2D eigenvalue weighted by Crippen LogP contribution is -2.43. The number of aliphatic hydroxyl groups is 1. The molecule has 1 aliphatic heterocycles. The fourth-order valence-electron chi connectivity index (χ4n) is 1.55. The van der Waals surface area contributed by atoms with Crippen molar-refractivity contribution in [1.29, 1.82) is 0 Å². The summed E-state index contributed by atoms with van der Waals surface area (Å²) in [6.07, 6.45) is -0.422. The van der Waals surface area contributed by atoms with Crippen LogP contribution >= 0.6 is 0 Å². The molecule has 0 aromatic carbocycles. The molecular weight excluding hydrogens is 196 g/mol. The van der Waals surface area contributed by atoms with Crippen LogP contribution in [0.15, 0.2) is 0 Å². The van der Waals surface area contributed by atoms with Crippen LogP contribution in [-0.4, -0.2) is 42.5 Å². The number of carbonyl (C=O) groups excluding carboxylic acids is 1. The molecule has 5 heteroatoms. The van der Waals surface area contributed by atoms with Crippen LogP contribution in [0.25, 0.3) is 0 Å². The number of rotatable bonds is 2. The van der Waals surface area contributed by atoms with Crippen LogP contribution in [0.3, 0.4) is 0 Å². The first kappa shape index (κ1) is 12.3. The number of ether oxygens (including phenoxy) is 1. The van der Waals surface area contributed by atoms with Gasteiger partial charge < -0.3 is 20.5 Å². The number of alkyl carbamates (subject to hydrolysis) is 1. The molecule has 0 unspecified atom stereocenters. The van der Waals surface area contributed by atoms with Gasteiger partial charge in [0.1, 0.15) is 5.60 Å². The van der Waals surface area contributed by atoms with Crippen LogP contribution in [-0.2, 0) is 4.74 Å². The van der Waals surface area contributed by atoms with Gasteiger partial charge in [0.2, 0.25) is 0 Å². The molecule has 1 heterocycles. The molecule has 2 atom stereocenters. The van der Waals surface area contributed by atoms with E-state index in [2.05, 4.69) is 10.6 Å². The number of nitrogens with one attached hydrogen (secondary N) is 2. The third kappa shape index (κ3) is 4.05. The Bertz CT molecular complexity index is 225. The lowest BCUT2D eigenvalue weighted by molar-refractivity contribution is 0.0488. The molecule has 1 rings (SSSR count). The van der Waals surface area contributed by atoms with Gasteiger partial charge in [-0.05, 0) is 20.8 Å². The Morgan fingerprint density at radius 2 is 2.20 bits per heavy atom. The van der Waals surface area contributed by atoms with Gasteiger partial charge in [-0.3, -0.25) is 0 Å². The highest BCUT2D eigenvalue weighted by Gasteiger charge is 2.29. The lowest BCUT2D eigenvalue weighted by Gasteiger charge is -2.23. The Labute approximate surface area is 90.2 Å². The monoisotopic (exact) mass is 216 g/mol. The van der Waals surface area contributed by atoms with Crippen molar-refractivity contribution < 1.29 is 14.6 Å². The highest BCUT2D eigenvalue weighted by molar-refractivity contribution is 5.68. The summed E-state index contributed by atoms with van der Waals surface area (Å²) in [6.45, 7) is 6.96. The van der Waals surface area contributed by atoms with Crippen molar-refractivity contribution in [2.45, 2.75) is 32.4 Å². The summed E-state index contributed by atoms with van der Waals surface area (Å²) in [5, 5.41) is 14.9. The highest BCUT2D eigenvalue weighted by Crippen LogP contribution is 2.10. The van der Waals surface area contributed by atoms with E-state index < -0.39 is 11.7 Å². The molecule has 5 nitrogen and oxygen atoms in total. The maximum absolute atomic E-state index is 11.4. The van der Waals surface area contributed by atoms with E-state index in [0.717, 1.165) is 6.54 Å². The minimum absolute atomic E-state index is 0.0372. The molecule has 0 saturated carbocycles. The van der Waals surface area contributed by atoms with E-state index in [9.17, 15) is 4.79 Å². The van der Waals surface area contributed by atoms with Gasteiger partial charge in [0.05, 0.1) is 6.04 Å². The fourth-order valence-corrected chi connectivity index (χ4v) is 1.55. The van der Waals surface area contributed by atoms with Gasteiger partial charge in [-0.2, -0.15) is 0 Å². The number of hydrogen-bond donors (Lipinski definition) is 3. The molecular formula is C10H20N2O3.